The molecular weight excluding hydrogens is 262 g/mol. The maximum atomic E-state index is 12.9. The molecule has 0 aromatic heterocycles. The molecule has 0 aromatic carbocycles. The van der Waals surface area contributed by atoms with E-state index in [1.807, 2.05) is 0 Å². The van der Waals surface area contributed by atoms with Crippen LogP contribution in [0.5, 0.6) is 0 Å². The Hall–Kier alpha value is -0.610. The standard InChI is InChI=1S/C17H33N3O/c1-15(17(21)19-12-7-2-3-8-13-19)20(14-11-18)16-9-5-4-6-10-16/h15-16H,2-14,18H2,1H3. The van der Waals surface area contributed by atoms with Crippen molar-refractivity contribution in [3.05, 3.63) is 0 Å². The van der Waals surface area contributed by atoms with Gasteiger partial charge in [0.2, 0.25) is 5.91 Å². The molecule has 2 fully saturated rings. The summed E-state index contributed by atoms with van der Waals surface area (Å²) >= 11 is 0. The lowest BCUT2D eigenvalue weighted by molar-refractivity contribution is -0.137. The molecule has 1 aliphatic carbocycles. The Kier molecular flexibility index (Phi) is 6.97. The second-order valence-corrected chi connectivity index (χ2v) is 6.73. The average molecular weight is 295 g/mol. The van der Waals surface area contributed by atoms with Gasteiger partial charge in [-0.15, -0.1) is 0 Å². The van der Waals surface area contributed by atoms with Gasteiger partial charge in [0.15, 0.2) is 0 Å². The highest BCUT2D eigenvalue weighted by Crippen LogP contribution is 2.25. The lowest BCUT2D eigenvalue weighted by Crippen LogP contribution is -2.53. The maximum absolute atomic E-state index is 12.9. The van der Waals surface area contributed by atoms with E-state index in [-0.39, 0.29) is 6.04 Å². The van der Waals surface area contributed by atoms with E-state index in [0.717, 1.165) is 19.6 Å². The number of carbonyl (C=O) groups excluding carboxylic acids is 1. The van der Waals surface area contributed by atoms with Gasteiger partial charge >= 0.3 is 0 Å². The highest BCUT2D eigenvalue weighted by atomic mass is 16.2. The zero-order valence-electron chi connectivity index (χ0n) is 13.7. The lowest BCUT2D eigenvalue weighted by Gasteiger charge is -2.39. The number of amides is 1. The number of rotatable bonds is 5. The van der Waals surface area contributed by atoms with Crippen LogP contribution in [0.25, 0.3) is 0 Å². The third kappa shape index (κ3) is 4.68. The molecule has 1 aliphatic heterocycles. The maximum Gasteiger partial charge on any atom is 0.239 e. The summed E-state index contributed by atoms with van der Waals surface area (Å²) in [6.45, 7) is 5.49. The summed E-state index contributed by atoms with van der Waals surface area (Å²) < 4.78 is 0. The van der Waals surface area contributed by atoms with E-state index in [9.17, 15) is 4.79 Å². The molecule has 4 heteroatoms. The number of nitrogens with two attached hydrogens (primary N) is 1. The van der Waals surface area contributed by atoms with Crippen molar-refractivity contribution < 1.29 is 4.79 Å². The molecule has 1 heterocycles. The van der Waals surface area contributed by atoms with Gasteiger partial charge in [0.1, 0.15) is 0 Å². The van der Waals surface area contributed by atoms with E-state index in [0.29, 0.717) is 18.5 Å². The van der Waals surface area contributed by atoms with E-state index in [1.54, 1.807) is 0 Å². The van der Waals surface area contributed by atoms with Gasteiger partial charge < -0.3 is 10.6 Å². The third-order valence-electron chi connectivity index (χ3n) is 5.20. The molecule has 0 radical (unpaired) electrons. The van der Waals surface area contributed by atoms with Crippen LogP contribution < -0.4 is 5.73 Å². The first-order valence-corrected chi connectivity index (χ1v) is 8.98. The fourth-order valence-corrected chi connectivity index (χ4v) is 3.95. The molecule has 2 rings (SSSR count). The Morgan fingerprint density at radius 2 is 1.67 bits per heavy atom. The predicted molar refractivity (Wildman–Crippen MR) is 87.1 cm³/mol. The summed E-state index contributed by atoms with van der Waals surface area (Å²) in [5.41, 5.74) is 5.81. The van der Waals surface area contributed by atoms with Crippen LogP contribution in [0.4, 0.5) is 0 Å². The van der Waals surface area contributed by atoms with Crippen molar-refractivity contribution in [1.82, 2.24) is 9.80 Å². The topological polar surface area (TPSA) is 49.6 Å². The van der Waals surface area contributed by atoms with Gasteiger partial charge in [-0.25, -0.2) is 0 Å². The second-order valence-electron chi connectivity index (χ2n) is 6.73. The van der Waals surface area contributed by atoms with Crippen LogP contribution in [0.1, 0.15) is 64.7 Å². The van der Waals surface area contributed by atoms with Gasteiger partial charge in [-0.2, -0.15) is 0 Å². The van der Waals surface area contributed by atoms with E-state index >= 15 is 0 Å². The van der Waals surface area contributed by atoms with Crippen LogP contribution in [0, 0.1) is 0 Å². The van der Waals surface area contributed by atoms with Crippen molar-refractivity contribution in [1.29, 1.82) is 0 Å². The SMILES string of the molecule is CC(C(=O)N1CCCCCC1)N(CCN)C1CCCCC1. The molecule has 122 valence electrons. The van der Waals surface area contributed by atoms with Crippen LogP contribution in [0.15, 0.2) is 0 Å². The van der Waals surface area contributed by atoms with Gasteiger partial charge in [-0.3, -0.25) is 9.69 Å². The van der Waals surface area contributed by atoms with Crippen molar-refractivity contribution in [2.45, 2.75) is 76.8 Å². The van der Waals surface area contributed by atoms with Crippen LogP contribution >= 0.6 is 0 Å². The number of hydrogen-bond donors (Lipinski definition) is 1. The van der Waals surface area contributed by atoms with Crippen LogP contribution in [0.2, 0.25) is 0 Å². The fraction of sp³-hybridized carbons (Fsp3) is 0.941. The predicted octanol–water partition coefficient (Wildman–Crippen LogP) is 2.37. The number of carbonyl (C=O) groups is 1. The molecule has 0 aromatic rings. The molecular formula is C17H33N3O. The Bertz CT molecular complexity index is 307. The van der Waals surface area contributed by atoms with E-state index in [1.165, 1.54) is 57.8 Å². The van der Waals surface area contributed by atoms with Gasteiger partial charge in [-0.05, 0) is 32.6 Å². The molecule has 1 unspecified atom stereocenters. The molecule has 21 heavy (non-hydrogen) atoms. The zero-order valence-corrected chi connectivity index (χ0v) is 13.7. The van der Waals surface area contributed by atoms with E-state index in [2.05, 4.69) is 16.7 Å². The normalized spacial score (nSPS) is 23.1. The summed E-state index contributed by atoms with van der Waals surface area (Å²) in [7, 11) is 0. The molecule has 4 nitrogen and oxygen atoms in total. The summed E-state index contributed by atoms with van der Waals surface area (Å²) in [4.78, 5) is 17.3. The molecule has 1 amide bonds. The molecule has 0 spiro atoms. The number of likely N-dealkylation sites (tertiary alicyclic amines) is 1. The first-order chi connectivity index (χ1) is 10.2. The smallest absolute Gasteiger partial charge is 0.239 e. The van der Waals surface area contributed by atoms with Crippen molar-refractivity contribution in [2.24, 2.45) is 5.73 Å². The number of hydrogen-bond acceptors (Lipinski definition) is 3. The van der Waals surface area contributed by atoms with Crippen LogP contribution in [-0.4, -0.2) is 54.0 Å². The minimum Gasteiger partial charge on any atom is -0.341 e. The minimum absolute atomic E-state index is 0.00486. The molecule has 1 atom stereocenters. The van der Waals surface area contributed by atoms with Gasteiger partial charge in [0, 0.05) is 32.2 Å². The Morgan fingerprint density at radius 3 is 2.24 bits per heavy atom. The molecule has 2 N–H and O–H groups in total. The average Bonchev–Trinajstić information content (AvgIpc) is 2.81. The quantitative estimate of drug-likeness (QED) is 0.847. The first-order valence-electron chi connectivity index (χ1n) is 8.98. The monoisotopic (exact) mass is 295 g/mol. The minimum atomic E-state index is -0.00486. The fourth-order valence-electron chi connectivity index (χ4n) is 3.95. The molecule has 0 bridgehead atoms. The highest BCUT2D eigenvalue weighted by Gasteiger charge is 2.31. The third-order valence-corrected chi connectivity index (χ3v) is 5.20. The second kappa shape index (κ2) is 8.74. The van der Waals surface area contributed by atoms with Crippen molar-refractivity contribution >= 4 is 5.91 Å². The highest BCUT2D eigenvalue weighted by molar-refractivity contribution is 5.81. The Balaban J connectivity index is 1.98. The van der Waals surface area contributed by atoms with Gasteiger partial charge in [0.05, 0.1) is 6.04 Å². The molecule has 1 saturated carbocycles. The summed E-state index contributed by atoms with van der Waals surface area (Å²) in [6, 6.07) is 0.558. The van der Waals surface area contributed by atoms with Gasteiger partial charge in [-0.1, -0.05) is 32.1 Å². The van der Waals surface area contributed by atoms with Crippen LogP contribution in [0.3, 0.4) is 0 Å². The Morgan fingerprint density at radius 1 is 1.10 bits per heavy atom. The molecule has 2 aliphatic rings. The largest absolute Gasteiger partial charge is 0.341 e. The first kappa shape index (κ1) is 16.8. The lowest BCUT2D eigenvalue weighted by atomic mass is 9.93. The van der Waals surface area contributed by atoms with Crippen LogP contribution in [-0.2, 0) is 4.79 Å². The Labute approximate surface area is 130 Å². The summed E-state index contributed by atoms with van der Waals surface area (Å²) in [6.07, 6.45) is 11.3. The zero-order chi connectivity index (χ0) is 15.1. The van der Waals surface area contributed by atoms with Crippen molar-refractivity contribution in [3.63, 3.8) is 0 Å². The molecule has 1 saturated heterocycles. The summed E-state index contributed by atoms with van der Waals surface area (Å²) in [5.74, 6) is 0.330. The van der Waals surface area contributed by atoms with Crippen molar-refractivity contribution in [3.8, 4) is 0 Å². The van der Waals surface area contributed by atoms with E-state index in [4.69, 9.17) is 5.73 Å². The number of nitrogens with zero attached hydrogens (tertiary/aromatic N) is 2. The van der Waals surface area contributed by atoms with Gasteiger partial charge in [0.25, 0.3) is 0 Å². The van der Waals surface area contributed by atoms with E-state index < -0.39 is 0 Å². The summed E-state index contributed by atoms with van der Waals surface area (Å²) in [5, 5.41) is 0. The van der Waals surface area contributed by atoms with Crippen molar-refractivity contribution in [2.75, 3.05) is 26.2 Å².